The maximum absolute atomic E-state index is 13.0. The number of hydrogen-bond acceptors (Lipinski definition) is 6. The molecule has 1 saturated heterocycles. The largest absolute Gasteiger partial charge is 0.486 e. The van der Waals surface area contributed by atoms with Crippen LogP contribution in [0.3, 0.4) is 0 Å². The molecule has 2 aliphatic rings. The van der Waals surface area contributed by atoms with Gasteiger partial charge >= 0.3 is 0 Å². The SMILES string of the molecule is CN1CCC2(CC1)Cc1cc(NC(=O)c3cnn4cccnc34)c(OCC(F)F)cc1O2. The Balaban J connectivity index is 1.44. The van der Waals surface area contributed by atoms with Crippen molar-refractivity contribution < 1.29 is 23.0 Å². The van der Waals surface area contributed by atoms with E-state index < -0.39 is 18.9 Å². The normalized spacial score (nSPS) is 17.5. The van der Waals surface area contributed by atoms with E-state index in [1.54, 1.807) is 30.6 Å². The lowest BCUT2D eigenvalue weighted by Gasteiger charge is -2.37. The van der Waals surface area contributed by atoms with Crippen LogP contribution in [-0.2, 0) is 6.42 Å². The van der Waals surface area contributed by atoms with Crippen LogP contribution in [0, 0.1) is 0 Å². The van der Waals surface area contributed by atoms with Gasteiger partial charge in [-0.2, -0.15) is 5.10 Å². The highest BCUT2D eigenvalue weighted by Gasteiger charge is 2.42. The van der Waals surface area contributed by atoms with Gasteiger partial charge in [-0.15, -0.1) is 0 Å². The number of anilines is 1. The molecule has 0 unspecified atom stereocenters. The second-order valence-corrected chi connectivity index (χ2v) is 8.32. The summed E-state index contributed by atoms with van der Waals surface area (Å²) in [6.45, 7) is 1.07. The van der Waals surface area contributed by atoms with Crippen LogP contribution in [0.25, 0.3) is 5.65 Å². The number of fused-ring (bicyclic) bond motifs is 2. The summed E-state index contributed by atoms with van der Waals surface area (Å²) in [5.41, 5.74) is 1.61. The van der Waals surface area contributed by atoms with Gasteiger partial charge in [-0.25, -0.2) is 18.3 Å². The minimum absolute atomic E-state index is 0.145. The molecule has 4 heterocycles. The van der Waals surface area contributed by atoms with Crippen molar-refractivity contribution >= 4 is 17.2 Å². The molecular formula is C22H23F2N5O3. The van der Waals surface area contributed by atoms with Crippen molar-refractivity contribution in [2.24, 2.45) is 0 Å². The van der Waals surface area contributed by atoms with E-state index in [1.807, 2.05) is 0 Å². The van der Waals surface area contributed by atoms with Gasteiger partial charge in [0.2, 0.25) is 0 Å². The van der Waals surface area contributed by atoms with E-state index in [0.29, 0.717) is 23.5 Å². The summed E-state index contributed by atoms with van der Waals surface area (Å²) >= 11 is 0. The van der Waals surface area contributed by atoms with Crippen molar-refractivity contribution in [1.82, 2.24) is 19.5 Å². The zero-order valence-electron chi connectivity index (χ0n) is 17.6. The number of nitrogens with one attached hydrogen (secondary N) is 1. The molecule has 1 spiro atoms. The van der Waals surface area contributed by atoms with Crippen LogP contribution in [0.5, 0.6) is 11.5 Å². The number of hydrogen-bond donors (Lipinski definition) is 1. The average molecular weight is 443 g/mol. The number of carbonyl (C=O) groups excluding carboxylic acids is 1. The van der Waals surface area contributed by atoms with Gasteiger partial charge in [0.05, 0.1) is 11.9 Å². The number of nitrogens with zero attached hydrogens (tertiary/aromatic N) is 4. The molecule has 0 radical (unpaired) electrons. The summed E-state index contributed by atoms with van der Waals surface area (Å²) in [6, 6.07) is 5.08. The molecule has 1 amide bonds. The first-order valence-electron chi connectivity index (χ1n) is 10.5. The van der Waals surface area contributed by atoms with Crippen LogP contribution < -0.4 is 14.8 Å². The number of benzene rings is 1. The summed E-state index contributed by atoms with van der Waals surface area (Å²) in [6.07, 6.45) is 4.48. The fourth-order valence-corrected chi connectivity index (χ4v) is 4.31. The molecule has 1 aromatic carbocycles. The number of amides is 1. The number of ether oxygens (including phenoxy) is 2. The van der Waals surface area contributed by atoms with Gasteiger partial charge in [-0.1, -0.05) is 0 Å². The van der Waals surface area contributed by atoms with Gasteiger partial charge in [-0.05, 0) is 19.2 Å². The molecule has 8 nitrogen and oxygen atoms in total. The Labute approximate surface area is 183 Å². The van der Waals surface area contributed by atoms with Gasteiger partial charge in [0, 0.05) is 56.4 Å². The van der Waals surface area contributed by atoms with E-state index in [1.165, 1.54) is 10.7 Å². The molecular weight excluding hydrogens is 420 g/mol. The minimum atomic E-state index is -2.64. The van der Waals surface area contributed by atoms with Crippen molar-refractivity contribution in [3.8, 4) is 11.5 Å². The molecule has 32 heavy (non-hydrogen) atoms. The molecule has 0 bridgehead atoms. The highest BCUT2D eigenvalue weighted by Crippen LogP contribution is 2.45. The lowest BCUT2D eigenvalue weighted by molar-refractivity contribution is 0.0268. The van der Waals surface area contributed by atoms with Crippen LogP contribution >= 0.6 is 0 Å². The minimum Gasteiger partial charge on any atom is -0.486 e. The van der Waals surface area contributed by atoms with E-state index in [9.17, 15) is 13.6 Å². The van der Waals surface area contributed by atoms with Crippen molar-refractivity contribution in [1.29, 1.82) is 0 Å². The molecule has 10 heteroatoms. The lowest BCUT2D eigenvalue weighted by Crippen LogP contribution is -2.45. The molecule has 0 aliphatic carbocycles. The number of piperidine rings is 1. The zero-order chi connectivity index (χ0) is 22.3. The Kier molecular flexibility index (Phi) is 5.16. The van der Waals surface area contributed by atoms with Gasteiger partial charge in [-0.3, -0.25) is 4.79 Å². The molecule has 1 fully saturated rings. The predicted octanol–water partition coefficient (Wildman–Crippen LogP) is 3.02. The van der Waals surface area contributed by atoms with Gasteiger partial charge in [0.25, 0.3) is 12.3 Å². The Morgan fingerprint density at radius 1 is 1.34 bits per heavy atom. The fourth-order valence-electron chi connectivity index (χ4n) is 4.31. The summed E-state index contributed by atoms with van der Waals surface area (Å²) in [5, 5.41) is 6.91. The highest BCUT2D eigenvalue weighted by atomic mass is 19.3. The Morgan fingerprint density at radius 3 is 2.94 bits per heavy atom. The first-order valence-corrected chi connectivity index (χ1v) is 10.5. The molecule has 3 aromatic rings. The van der Waals surface area contributed by atoms with Crippen LogP contribution in [0.1, 0.15) is 28.8 Å². The first kappa shape index (κ1) is 20.6. The standard InChI is InChI=1S/C22H23F2N5O3/c1-28-7-3-22(4-8-28)11-14-9-16(18(10-17(14)32-22)31-13-19(23)24)27-21(30)15-12-26-29-6-2-5-25-20(15)29/h2,5-6,9-10,12,19H,3-4,7-8,11,13H2,1H3,(H,27,30). The summed E-state index contributed by atoms with van der Waals surface area (Å²) in [7, 11) is 2.08. The zero-order valence-corrected chi connectivity index (χ0v) is 17.6. The highest BCUT2D eigenvalue weighted by molar-refractivity contribution is 6.08. The lowest BCUT2D eigenvalue weighted by atomic mass is 9.87. The average Bonchev–Trinajstić information content (AvgIpc) is 3.35. The number of rotatable bonds is 5. The monoisotopic (exact) mass is 443 g/mol. The van der Waals surface area contributed by atoms with Crippen molar-refractivity contribution in [3.05, 3.63) is 47.9 Å². The number of aromatic nitrogens is 3. The maximum atomic E-state index is 13.0. The van der Waals surface area contributed by atoms with Crippen LogP contribution in [0.15, 0.2) is 36.8 Å². The van der Waals surface area contributed by atoms with E-state index in [-0.39, 0.29) is 16.9 Å². The van der Waals surface area contributed by atoms with Crippen LogP contribution in [0.2, 0.25) is 0 Å². The Morgan fingerprint density at radius 2 is 2.16 bits per heavy atom. The van der Waals surface area contributed by atoms with Crippen LogP contribution in [0.4, 0.5) is 14.5 Å². The van der Waals surface area contributed by atoms with E-state index in [4.69, 9.17) is 9.47 Å². The quantitative estimate of drug-likeness (QED) is 0.653. The number of carbonyl (C=O) groups is 1. The molecule has 0 saturated carbocycles. The maximum Gasteiger partial charge on any atom is 0.272 e. The number of likely N-dealkylation sites (tertiary alicyclic amines) is 1. The van der Waals surface area contributed by atoms with E-state index in [0.717, 1.165) is 31.5 Å². The Hall–Kier alpha value is -3.27. The van der Waals surface area contributed by atoms with Crippen molar-refractivity contribution in [2.75, 3.05) is 32.1 Å². The molecule has 5 rings (SSSR count). The molecule has 2 aromatic heterocycles. The third kappa shape index (κ3) is 3.86. The van der Waals surface area contributed by atoms with E-state index in [2.05, 4.69) is 27.3 Å². The fraction of sp³-hybridized carbons (Fsp3) is 0.409. The third-order valence-electron chi connectivity index (χ3n) is 6.04. The van der Waals surface area contributed by atoms with Crippen molar-refractivity contribution in [2.45, 2.75) is 31.3 Å². The Bertz CT molecular complexity index is 1160. The second kappa shape index (κ2) is 8.01. The van der Waals surface area contributed by atoms with Gasteiger partial charge in [0.1, 0.15) is 29.3 Å². The third-order valence-corrected chi connectivity index (χ3v) is 6.04. The smallest absolute Gasteiger partial charge is 0.272 e. The molecule has 2 aliphatic heterocycles. The number of alkyl halides is 2. The van der Waals surface area contributed by atoms with E-state index >= 15 is 0 Å². The number of halogens is 2. The molecule has 1 N–H and O–H groups in total. The molecule has 168 valence electrons. The summed E-state index contributed by atoms with van der Waals surface area (Å²) < 4.78 is 38.8. The van der Waals surface area contributed by atoms with Crippen molar-refractivity contribution in [3.63, 3.8) is 0 Å². The van der Waals surface area contributed by atoms with Gasteiger partial charge < -0.3 is 19.7 Å². The van der Waals surface area contributed by atoms with Gasteiger partial charge in [0.15, 0.2) is 5.65 Å². The van der Waals surface area contributed by atoms with Crippen LogP contribution in [-0.4, -0.2) is 64.2 Å². The molecule has 0 atom stereocenters. The first-order chi connectivity index (χ1) is 15.4. The predicted molar refractivity (Wildman–Crippen MR) is 113 cm³/mol. The topological polar surface area (TPSA) is 81.0 Å². The summed E-state index contributed by atoms with van der Waals surface area (Å²) in [5.74, 6) is 0.315. The summed E-state index contributed by atoms with van der Waals surface area (Å²) in [4.78, 5) is 19.4. The second-order valence-electron chi connectivity index (χ2n) is 8.32.